The predicted octanol–water partition coefficient (Wildman–Crippen LogP) is 2.11. The number of aryl methyl sites for hydroxylation is 1. The van der Waals surface area contributed by atoms with E-state index in [4.69, 9.17) is 0 Å². The van der Waals surface area contributed by atoms with Gasteiger partial charge in [0.15, 0.2) is 5.82 Å². The Bertz CT molecular complexity index is 853. The molecular formula is C19H23F2N5O2. The second-order valence-corrected chi connectivity index (χ2v) is 6.76. The van der Waals surface area contributed by atoms with Gasteiger partial charge in [-0.2, -0.15) is 0 Å². The van der Waals surface area contributed by atoms with Crippen LogP contribution in [0.15, 0.2) is 18.2 Å². The number of halogens is 2. The Morgan fingerprint density at radius 1 is 1.11 bits per heavy atom. The Morgan fingerprint density at radius 3 is 2.79 bits per heavy atom. The van der Waals surface area contributed by atoms with Crippen LogP contribution >= 0.6 is 0 Å². The van der Waals surface area contributed by atoms with Gasteiger partial charge in [0.05, 0.1) is 12.1 Å². The molecule has 2 amide bonds. The third-order valence-corrected chi connectivity index (χ3v) is 4.67. The van der Waals surface area contributed by atoms with E-state index in [1.54, 1.807) is 0 Å². The van der Waals surface area contributed by atoms with E-state index in [2.05, 4.69) is 25.4 Å². The lowest BCUT2D eigenvalue weighted by Gasteiger charge is -2.09. The molecule has 0 bridgehead atoms. The zero-order valence-electron chi connectivity index (χ0n) is 15.5. The number of nitrogens with one attached hydrogen (secondary N) is 2. The van der Waals surface area contributed by atoms with E-state index in [9.17, 15) is 18.4 Å². The van der Waals surface area contributed by atoms with Crippen molar-refractivity contribution in [2.75, 3.05) is 6.54 Å². The zero-order chi connectivity index (χ0) is 19.9. The van der Waals surface area contributed by atoms with Gasteiger partial charge in [-0.05, 0) is 31.4 Å². The van der Waals surface area contributed by atoms with Gasteiger partial charge in [0.1, 0.15) is 17.5 Å². The van der Waals surface area contributed by atoms with Gasteiger partial charge in [0.25, 0.3) is 5.91 Å². The molecule has 0 aliphatic carbocycles. The van der Waals surface area contributed by atoms with Crippen LogP contribution in [0.3, 0.4) is 0 Å². The summed E-state index contributed by atoms with van der Waals surface area (Å²) in [5.74, 6) is -0.724. The van der Waals surface area contributed by atoms with Crippen molar-refractivity contribution in [2.45, 2.75) is 51.6 Å². The summed E-state index contributed by atoms with van der Waals surface area (Å²) in [6.07, 6.45) is 4.89. The summed E-state index contributed by atoms with van der Waals surface area (Å²) in [6.45, 7) is 1.40. The van der Waals surface area contributed by atoms with Crippen LogP contribution in [0.1, 0.15) is 54.1 Å². The van der Waals surface area contributed by atoms with E-state index in [-0.39, 0.29) is 24.4 Å². The van der Waals surface area contributed by atoms with Gasteiger partial charge in [-0.25, -0.2) is 8.78 Å². The topological polar surface area (TPSA) is 88.9 Å². The number of rotatable bonds is 7. The summed E-state index contributed by atoms with van der Waals surface area (Å²) >= 11 is 0. The summed E-state index contributed by atoms with van der Waals surface area (Å²) in [4.78, 5) is 23.9. The zero-order valence-corrected chi connectivity index (χ0v) is 15.5. The number of carbonyl (C=O) groups excluding carboxylic acids is 2. The van der Waals surface area contributed by atoms with Gasteiger partial charge >= 0.3 is 0 Å². The van der Waals surface area contributed by atoms with Gasteiger partial charge < -0.3 is 15.2 Å². The molecule has 2 aromatic rings. The molecule has 0 unspecified atom stereocenters. The van der Waals surface area contributed by atoms with Crippen molar-refractivity contribution in [3.8, 4) is 0 Å². The lowest BCUT2D eigenvalue weighted by atomic mass is 10.2. The molecule has 1 aliphatic rings. The fraction of sp³-hybridized carbons (Fsp3) is 0.474. The average Bonchev–Trinajstić information content (AvgIpc) is 2.89. The highest BCUT2D eigenvalue weighted by molar-refractivity contribution is 5.94. The van der Waals surface area contributed by atoms with E-state index >= 15 is 0 Å². The van der Waals surface area contributed by atoms with Crippen molar-refractivity contribution < 1.29 is 18.4 Å². The van der Waals surface area contributed by atoms with Crippen molar-refractivity contribution in [1.82, 2.24) is 25.4 Å². The van der Waals surface area contributed by atoms with Crippen LogP contribution in [0.5, 0.6) is 0 Å². The molecule has 0 fully saturated rings. The van der Waals surface area contributed by atoms with E-state index in [0.717, 1.165) is 49.6 Å². The summed E-state index contributed by atoms with van der Waals surface area (Å²) in [5, 5.41) is 13.7. The summed E-state index contributed by atoms with van der Waals surface area (Å²) in [7, 11) is 0. The first-order chi connectivity index (χ1) is 13.5. The molecule has 3 rings (SSSR count). The summed E-state index contributed by atoms with van der Waals surface area (Å²) in [5.41, 5.74) is -0.224. The molecule has 9 heteroatoms. The van der Waals surface area contributed by atoms with Crippen molar-refractivity contribution in [1.29, 1.82) is 0 Å². The minimum absolute atomic E-state index is 0.159. The molecule has 1 aliphatic heterocycles. The second-order valence-electron chi connectivity index (χ2n) is 6.76. The van der Waals surface area contributed by atoms with Crippen LogP contribution in [0, 0.1) is 11.6 Å². The van der Waals surface area contributed by atoms with Crippen LogP contribution < -0.4 is 10.6 Å². The molecule has 7 nitrogen and oxygen atoms in total. The van der Waals surface area contributed by atoms with Crippen LogP contribution in [0.2, 0.25) is 0 Å². The average molecular weight is 391 g/mol. The maximum atomic E-state index is 13.5. The largest absolute Gasteiger partial charge is 0.352 e. The maximum absolute atomic E-state index is 13.5. The molecule has 1 aromatic heterocycles. The highest BCUT2D eigenvalue weighted by Gasteiger charge is 2.15. The SMILES string of the molecule is O=C(CCCNC(=O)c1ccc(F)cc1F)NCc1nnc2n1CCCCC2. The third kappa shape index (κ3) is 5.11. The standard InChI is InChI=1S/C19H23F2N5O2/c20-13-7-8-14(15(21)11-13)19(28)22-9-4-6-18(27)23-12-17-25-24-16-5-2-1-3-10-26(16)17/h7-8,11H,1-6,9-10,12H2,(H,22,28)(H,23,27). The van der Waals surface area contributed by atoms with Crippen molar-refractivity contribution >= 4 is 11.8 Å². The van der Waals surface area contributed by atoms with E-state index in [0.29, 0.717) is 19.0 Å². The van der Waals surface area contributed by atoms with Crippen LogP contribution in [-0.4, -0.2) is 33.1 Å². The fourth-order valence-electron chi connectivity index (χ4n) is 3.16. The van der Waals surface area contributed by atoms with Gasteiger partial charge in [0.2, 0.25) is 5.91 Å². The fourth-order valence-corrected chi connectivity index (χ4v) is 3.16. The number of amides is 2. The Hall–Kier alpha value is -2.84. The smallest absolute Gasteiger partial charge is 0.254 e. The van der Waals surface area contributed by atoms with Crippen LogP contribution in [-0.2, 0) is 24.3 Å². The van der Waals surface area contributed by atoms with E-state index in [1.165, 1.54) is 6.42 Å². The monoisotopic (exact) mass is 391 g/mol. The van der Waals surface area contributed by atoms with E-state index in [1.807, 2.05) is 0 Å². The van der Waals surface area contributed by atoms with Crippen molar-refractivity contribution in [2.24, 2.45) is 0 Å². The van der Waals surface area contributed by atoms with Crippen molar-refractivity contribution in [3.63, 3.8) is 0 Å². The molecule has 0 radical (unpaired) electrons. The number of nitrogens with zero attached hydrogens (tertiary/aromatic N) is 3. The number of hydrogen-bond donors (Lipinski definition) is 2. The Kier molecular flexibility index (Phi) is 6.67. The lowest BCUT2D eigenvalue weighted by molar-refractivity contribution is -0.121. The number of carbonyl (C=O) groups is 2. The number of benzene rings is 1. The molecule has 0 saturated heterocycles. The minimum Gasteiger partial charge on any atom is -0.352 e. The quantitative estimate of drug-likeness (QED) is 0.708. The van der Waals surface area contributed by atoms with Crippen LogP contribution in [0.25, 0.3) is 0 Å². The first-order valence-corrected chi connectivity index (χ1v) is 9.45. The Labute approximate surface area is 161 Å². The number of hydrogen-bond acceptors (Lipinski definition) is 4. The molecular weight excluding hydrogens is 368 g/mol. The number of aromatic nitrogens is 3. The molecule has 0 atom stereocenters. The first kappa shape index (κ1) is 19.9. The van der Waals surface area contributed by atoms with Gasteiger partial charge in [-0.3, -0.25) is 9.59 Å². The summed E-state index contributed by atoms with van der Waals surface area (Å²) in [6, 6.07) is 2.78. The summed E-state index contributed by atoms with van der Waals surface area (Å²) < 4.78 is 28.5. The van der Waals surface area contributed by atoms with Crippen LogP contribution in [0.4, 0.5) is 8.78 Å². The van der Waals surface area contributed by atoms with Gasteiger partial charge in [-0.1, -0.05) is 6.42 Å². The molecule has 2 N–H and O–H groups in total. The normalized spacial score (nSPS) is 13.5. The second kappa shape index (κ2) is 9.38. The minimum atomic E-state index is -0.914. The van der Waals surface area contributed by atoms with Gasteiger partial charge in [-0.15, -0.1) is 10.2 Å². The molecule has 1 aromatic carbocycles. The molecule has 0 spiro atoms. The van der Waals surface area contributed by atoms with Gasteiger partial charge in [0, 0.05) is 32.0 Å². The Morgan fingerprint density at radius 2 is 1.96 bits per heavy atom. The highest BCUT2D eigenvalue weighted by atomic mass is 19.1. The number of fused-ring (bicyclic) bond motifs is 1. The maximum Gasteiger partial charge on any atom is 0.254 e. The lowest BCUT2D eigenvalue weighted by Crippen LogP contribution is -2.28. The first-order valence-electron chi connectivity index (χ1n) is 9.45. The molecule has 28 heavy (non-hydrogen) atoms. The molecule has 150 valence electrons. The Balaban J connectivity index is 1.38. The van der Waals surface area contributed by atoms with E-state index < -0.39 is 17.5 Å². The third-order valence-electron chi connectivity index (χ3n) is 4.67. The molecule has 0 saturated carbocycles. The highest BCUT2D eigenvalue weighted by Crippen LogP contribution is 2.14. The van der Waals surface area contributed by atoms with Crippen molar-refractivity contribution in [3.05, 3.63) is 47.0 Å². The molecule has 2 heterocycles. The predicted molar refractivity (Wildman–Crippen MR) is 97.3 cm³/mol.